The van der Waals surface area contributed by atoms with E-state index in [1.54, 1.807) is 0 Å². The zero-order valence-corrected chi connectivity index (χ0v) is 20.6. The first-order valence-corrected chi connectivity index (χ1v) is 9.10. The van der Waals surface area contributed by atoms with Gasteiger partial charge in [0.05, 0.1) is 0 Å². The fourth-order valence-electron chi connectivity index (χ4n) is 3.90. The largest absolute Gasteiger partial charge is 0.263 e. The van der Waals surface area contributed by atoms with Crippen LogP contribution in [0.5, 0.6) is 0 Å². The molecular formula is C25H28Hf-2. The van der Waals surface area contributed by atoms with Gasteiger partial charge >= 0.3 is 0 Å². The van der Waals surface area contributed by atoms with Crippen molar-refractivity contribution in [2.24, 2.45) is 5.41 Å². The van der Waals surface area contributed by atoms with Gasteiger partial charge in [0.1, 0.15) is 0 Å². The maximum absolute atomic E-state index is 3.51. The van der Waals surface area contributed by atoms with Crippen molar-refractivity contribution in [3.05, 3.63) is 93.1 Å². The van der Waals surface area contributed by atoms with E-state index in [1.165, 1.54) is 44.5 Å². The van der Waals surface area contributed by atoms with Crippen LogP contribution in [0, 0.1) is 31.4 Å². The summed E-state index contributed by atoms with van der Waals surface area (Å²) in [4.78, 5) is 0. The molecule has 1 aromatic rings. The Morgan fingerprint density at radius 1 is 0.962 bits per heavy atom. The van der Waals surface area contributed by atoms with E-state index in [0.29, 0.717) is 5.92 Å². The Balaban J connectivity index is 0.000000195. The fourth-order valence-corrected chi connectivity index (χ4v) is 3.90. The molecule has 0 radical (unpaired) electrons. The van der Waals surface area contributed by atoms with Crippen molar-refractivity contribution >= 4 is 0 Å². The smallest absolute Gasteiger partial charge is 0 e. The van der Waals surface area contributed by atoms with Crippen molar-refractivity contribution in [2.45, 2.75) is 54.4 Å². The summed E-state index contributed by atoms with van der Waals surface area (Å²) in [5, 5.41) is 0. The molecule has 0 N–H and O–H groups in total. The molecule has 26 heavy (non-hydrogen) atoms. The molecule has 0 aromatic heterocycles. The standard InChI is InChI=1S/C15H13.C10H15.Hf/c1-10-7-11(2)14-9-12-5-3-4-6-13(12)15(14)8-10;1-7-6-10(4,5)9(3)8(7)2;/h3-8,13H,1-2H3;1-5H3;/q2*-1;. The van der Waals surface area contributed by atoms with Crippen LogP contribution in [0.15, 0.2) is 58.7 Å². The molecule has 1 aromatic carbocycles. The molecule has 3 aliphatic rings. The number of hydrogen-bond donors (Lipinski definition) is 0. The SMILES string of the molecule is CC1=[C-]C(C)(C)C(C)=C1C.Cc1cc(C)c2c(c1)C1C=CC=CC1=[C-]2.[Hf]. The second-order valence-corrected chi connectivity index (χ2v) is 7.97. The van der Waals surface area contributed by atoms with Crippen LogP contribution >= 0.6 is 0 Å². The molecule has 0 saturated heterocycles. The Bertz CT molecular complexity index is 870. The molecule has 4 rings (SSSR count). The van der Waals surface area contributed by atoms with Gasteiger partial charge in [-0.05, 0) is 12.8 Å². The van der Waals surface area contributed by atoms with Gasteiger partial charge in [-0.25, -0.2) is 5.57 Å². The molecule has 0 bridgehead atoms. The first-order chi connectivity index (χ1) is 11.7. The third-order valence-electron chi connectivity index (χ3n) is 5.70. The average Bonchev–Trinajstić information content (AvgIpc) is 3.00. The number of aryl methyl sites for hydroxylation is 2. The van der Waals surface area contributed by atoms with E-state index in [9.17, 15) is 0 Å². The van der Waals surface area contributed by atoms with Gasteiger partial charge in [-0.2, -0.15) is 11.1 Å². The normalized spacial score (nSPS) is 21.3. The summed E-state index contributed by atoms with van der Waals surface area (Å²) >= 11 is 0. The molecule has 1 atom stereocenters. The molecule has 0 fully saturated rings. The zero-order valence-electron chi connectivity index (χ0n) is 17.0. The van der Waals surface area contributed by atoms with Crippen LogP contribution in [0.4, 0.5) is 0 Å². The quantitative estimate of drug-likeness (QED) is 0.271. The van der Waals surface area contributed by atoms with Crippen LogP contribution in [0.25, 0.3) is 0 Å². The molecule has 3 aliphatic carbocycles. The monoisotopic (exact) mass is 508 g/mol. The topological polar surface area (TPSA) is 0 Å². The van der Waals surface area contributed by atoms with Gasteiger partial charge in [0.2, 0.25) is 0 Å². The van der Waals surface area contributed by atoms with E-state index in [4.69, 9.17) is 0 Å². The Labute approximate surface area is 178 Å². The van der Waals surface area contributed by atoms with Crippen LogP contribution in [0.1, 0.15) is 62.8 Å². The molecule has 134 valence electrons. The average molecular weight is 507 g/mol. The molecule has 1 unspecified atom stereocenters. The summed E-state index contributed by atoms with van der Waals surface area (Å²) < 4.78 is 0. The van der Waals surface area contributed by atoms with Crippen LogP contribution in [0.2, 0.25) is 0 Å². The van der Waals surface area contributed by atoms with Crippen molar-refractivity contribution in [3.63, 3.8) is 0 Å². The van der Waals surface area contributed by atoms with Crippen molar-refractivity contribution in [1.82, 2.24) is 0 Å². The third kappa shape index (κ3) is 3.88. The molecule has 0 nitrogen and oxygen atoms in total. The van der Waals surface area contributed by atoms with Crippen LogP contribution < -0.4 is 0 Å². The minimum atomic E-state index is 0. The van der Waals surface area contributed by atoms with Gasteiger partial charge in [0.15, 0.2) is 0 Å². The number of hydrogen-bond acceptors (Lipinski definition) is 0. The van der Waals surface area contributed by atoms with E-state index < -0.39 is 0 Å². The Kier molecular flexibility index (Phi) is 6.33. The molecular weight excluding hydrogens is 479 g/mol. The number of allylic oxidation sites excluding steroid dienone is 9. The van der Waals surface area contributed by atoms with Gasteiger partial charge in [0, 0.05) is 25.8 Å². The fraction of sp³-hybridized carbons (Fsp3) is 0.360. The van der Waals surface area contributed by atoms with Crippen molar-refractivity contribution in [2.75, 3.05) is 0 Å². The van der Waals surface area contributed by atoms with E-state index in [2.05, 4.69) is 97.1 Å². The second-order valence-electron chi connectivity index (χ2n) is 7.97. The number of fused-ring (bicyclic) bond motifs is 3. The van der Waals surface area contributed by atoms with Gasteiger partial charge in [-0.1, -0.05) is 69.9 Å². The molecule has 0 saturated carbocycles. The third-order valence-corrected chi connectivity index (χ3v) is 5.70. The van der Waals surface area contributed by atoms with Crippen LogP contribution in [-0.4, -0.2) is 0 Å². The van der Waals surface area contributed by atoms with E-state index in [-0.39, 0.29) is 31.3 Å². The zero-order chi connectivity index (χ0) is 18.4. The van der Waals surface area contributed by atoms with Crippen LogP contribution in [0.3, 0.4) is 0 Å². The predicted molar refractivity (Wildman–Crippen MR) is 107 cm³/mol. The second kappa shape index (κ2) is 7.80. The Morgan fingerprint density at radius 3 is 2.19 bits per heavy atom. The Hall–Kier alpha value is -1.21. The van der Waals surface area contributed by atoms with Crippen LogP contribution in [-0.2, 0) is 25.8 Å². The number of benzene rings is 1. The summed E-state index contributed by atoms with van der Waals surface area (Å²) in [5.41, 5.74) is 11.1. The molecule has 0 aliphatic heterocycles. The maximum Gasteiger partial charge on any atom is 0 e. The summed E-state index contributed by atoms with van der Waals surface area (Å²) in [6.07, 6.45) is 15.6. The maximum atomic E-state index is 3.51. The van der Waals surface area contributed by atoms with Crippen molar-refractivity contribution < 1.29 is 25.8 Å². The van der Waals surface area contributed by atoms with E-state index in [0.717, 1.165) is 0 Å². The molecule has 0 spiro atoms. The van der Waals surface area contributed by atoms with E-state index >= 15 is 0 Å². The van der Waals surface area contributed by atoms with Gasteiger partial charge in [-0.3, -0.25) is 6.08 Å². The summed E-state index contributed by atoms with van der Waals surface area (Å²) in [5.74, 6) is 0.448. The summed E-state index contributed by atoms with van der Waals surface area (Å²) in [6.45, 7) is 15.3. The predicted octanol–water partition coefficient (Wildman–Crippen LogP) is 6.71. The first-order valence-electron chi connectivity index (χ1n) is 9.10. The molecule has 0 amide bonds. The van der Waals surface area contributed by atoms with Gasteiger partial charge in [-0.15, -0.1) is 47.4 Å². The minimum Gasteiger partial charge on any atom is -0.263 e. The summed E-state index contributed by atoms with van der Waals surface area (Å²) in [7, 11) is 0. The Morgan fingerprint density at radius 2 is 1.65 bits per heavy atom. The van der Waals surface area contributed by atoms with E-state index in [1.807, 2.05) is 0 Å². The van der Waals surface area contributed by atoms with Crippen molar-refractivity contribution in [3.8, 4) is 0 Å². The summed E-state index contributed by atoms with van der Waals surface area (Å²) in [6, 6.07) is 4.52. The van der Waals surface area contributed by atoms with Gasteiger partial charge in [0.25, 0.3) is 0 Å². The van der Waals surface area contributed by atoms with Crippen molar-refractivity contribution in [1.29, 1.82) is 0 Å². The number of rotatable bonds is 0. The first kappa shape index (κ1) is 21.1. The molecule has 1 heteroatoms. The van der Waals surface area contributed by atoms with Gasteiger partial charge < -0.3 is 0 Å². The minimum absolute atomic E-state index is 0. The molecule has 0 heterocycles.